The van der Waals surface area contributed by atoms with E-state index in [-0.39, 0.29) is 27.2 Å². The number of nitriles is 1. The fourth-order valence-electron chi connectivity index (χ4n) is 3.06. The van der Waals surface area contributed by atoms with Crippen LogP contribution >= 0.6 is 23.2 Å². The zero-order valence-electron chi connectivity index (χ0n) is 15.1. The van der Waals surface area contributed by atoms with Crippen LogP contribution in [0.5, 0.6) is 11.5 Å². The molecule has 0 fully saturated rings. The summed E-state index contributed by atoms with van der Waals surface area (Å²) < 4.78 is 5.88. The Morgan fingerprint density at radius 3 is 2.59 bits per heavy atom. The monoisotopic (exact) mass is 426 g/mol. The van der Waals surface area contributed by atoms with Gasteiger partial charge >= 0.3 is 0 Å². The van der Waals surface area contributed by atoms with Gasteiger partial charge in [-0.05, 0) is 36.8 Å². The van der Waals surface area contributed by atoms with Crippen molar-refractivity contribution in [1.82, 2.24) is 0 Å². The molecule has 4 rings (SSSR count). The number of anilines is 1. The molecule has 0 bridgehead atoms. The van der Waals surface area contributed by atoms with E-state index < -0.39 is 18.1 Å². The van der Waals surface area contributed by atoms with Crippen molar-refractivity contribution in [2.24, 2.45) is 10.1 Å². The Balaban J connectivity index is 1.67. The Hall–Kier alpha value is -3.21. The van der Waals surface area contributed by atoms with Crippen molar-refractivity contribution in [3.63, 3.8) is 0 Å². The first-order valence-corrected chi connectivity index (χ1v) is 9.29. The topological polar surface area (TPSA) is 95.1 Å². The molecular weight excluding hydrogens is 415 g/mol. The first kappa shape index (κ1) is 19.1. The number of fused-ring (bicyclic) bond motifs is 1. The van der Waals surface area contributed by atoms with E-state index in [1.165, 1.54) is 12.1 Å². The summed E-state index contributed by atoms with van der Waals surface area (Å²) in [5.74, 6) is -0.444. The van der Waals surface area contributed by atoms with E-state index in [1.807, 2.05) is 19.1 Å². The molecule has 0 saturated carbocycles. The van der Waals surface area contributed by atoms with Gasteiger partial charge in [-0.2, -0.15) is 15.4 Å². The number of aliphatic imine (C=N–C) groups is 1. The highest BCUT2D eigenvalue weighted by Gasteiger charge is 2.29. The van der Waals surface area contributed by atoms with Crippen molar-refractivity contribution in [3.8, 4) is 17.6 Å². The van der Waals surface area contributed by atoms with Gasteiger partial charge in [-0.15, -0.1) is 0 Å². The molecule has 2 aromatic rings. The highest BCUT2D eigenvalue weighted by atomic mass is 35.5. The fourth-order valence-corrected chi connectivity index (χ4v) is 3.61. The van der Waals surface area contributed by atoms with Crippen molar-refractivity contribution >= 4 is 52.0 Å². The predicted octanol–water partition coefficient (Wildman–Crippen LogP) is 4.29. The van der Waals surface area contributed by atoms with Crippen molar-refractivity contribution in [3.05, 3.63) is 51.5 Å². The normalized spacial score (nSPS) is 15.6. The number of carbonyl (C=O) groups excluding carboxylic acids is 2. The van der Waals surface area contributed by atoms with E-state index >= 15 is 0 Å². The molecule has 0 radical (unpaired) electrons. The summed E-state index contributed by atoms with van der Waals surface area (Å²) in [5.41, 5.74) is 2.93. The first-order valence-electron chi connectivity index (χ1n) is 8.53. The lowest BCUT2D eigenvalue weighted by atomic mass is 10.1. The summed E-state index contributed by atoms with van der Waals surface area (Å²) in [7, 11) is 0. The van der Waals surface area contributed by atoms with Crippen LogP contribution in [0, 0.1) is 11.3 Å². The quantitative estimate of drug-likeness (QED) is 0.683. The number of halogens is 2. The third kappa shape index (κ3) is 3.48. The highest BCUT2D eigenvalue weighted by molar-refractivity contribution is 6.50. The van der Waals surface area contributed by atoms with E-state index in [0.29, 0.717) is 12.3 Å². The zero-order valence-corrected chi connectivity index (χ0v) is 16.6. The number of benzene rings is 2. The van der Waals surface area contributed by atoms with Gasteiger partial charge in [-0.3, -0.25) is 14.6 Å². The van der Waals surface area contributed by atoms with Gasteiger partial charge in [-0.1, -0.05) is 29.3 Å². The largest absolute Gasteiger partial charge is 0.454 e. The summed E-state index contributed by atoms with van der Waals surface area (Å²) >= 11 is 12.7. The summed E-state index contributed by atoms with van der Waals surface area (Å²) in [4.78, 5) is 28.2. The van der Waals surface area contributed by atoms with Crippen LogP contribution in [0.1, 0.15) is 24.5 Å². The van der Waals surface area contributed by atoms with Crippen molar-refractivity contribution in [2.75, 3.05) is 5.01 Å². The number of Topliss-reactive ketones (excluding diaryl/α,β-unsaturated/α-hetero) is 1. The molecule has 0 unspecified atom stereocenters. The summed E-state index contributed by atoms with van der Waals surface area (Å²) in [6.45, 7) is 2.58. The van der Waals surface area contributed by atoms with Crippen LogP contribution in [-0.4, -0.2) is 23.1 Å². The zero-order chi connectivity index (χ0) is 20.7. The molecule has 144 valence electrons. The number of amides is 1. The standard InChI is InChI=1S/C20H12Cl2N4O3/c1-10-14-6-13(3-2-11(14)9-24-10)29-20-15(21)4-12(5-16(20)22)26-19(28)7-18(27)17(8-23)25-26/h2-6H,7,9H2,1H3. The van der Waals surface area contributed by atoms with Crippen LogP contribution < -0.4 is 9.75 Å². The maximum absolute atomic E-state index is 12.2. The molecule has 2 aliphatic heterocycles. The molecule has 0 aliphatic carbocycles. The molecule has 0 N–H and O–H groups in total. The maximum Gasteiger partial charge on any atom is 0.255 e. The smallest absolute Gasteiger partial charge is 0.255 e. The number of hydrogen-bond acceptors (Lipinski definition) is 6. The van der Waals surface area contributed by atoms with Crippen LogP contribution in [0.15, 0.2) is 40.4 Å². The minimum atomic E-state index is -0.624. The van der Waals surface area contributed by atoms with E-state index in [1.54, 1.807) is 12.1 Å². The summed E-state index contributed by atoms with van der Waals surface area (Å²) in [5, 5.41) is 14.0. The Morgan fingerprint density at radius 2 is 1.90 bits per heavy atom. The number of ketones is 1. The Morgan fingerprint density at radius 1 is 1.17 bits per heavy atom. The molecule has 29 heavy (non-hydrogen) atoms. The molecule has 0 spiro atoms. The maximum atomic E-state index is 12.2. The molecule has 9 heteroatoms. The van der Waals surface area contributed by atoms with Crippen LogP contribution in [0.25, 0.3) is 0 Å². The number of carbonyl (C=O) groups is 2. The molecule has 2 heterocycles. The van der Waals surface area contributed by atoms with Gasteiger partial charge in [0.05, 0.1) is 28.7 Å². The van der Waals surface area contributed by atoms with Crippen molar-refractivity contribution in [1.29, 1.82) is 5.26 Å². The molecule has 2 aliphatic rings. The Bertz CT molecular complexity index is 1160. The van der Waals surface area contributed by atoms with Crippen LogP contribution in [0.2, 0.25) is 10.0 Å². The number of nitrogens with zero attached hydrogens (tertiary/aromatic N) is 4. The van der Waals surface area contributed by atoms with E-state index in [0.717, 1.165) is 21.8 Å². The fraction of sp³-hybridized carbons (Fsp3) is 0.150. The van der Waals surface area contributed by atoms with E-state index in [9.17, 15) is 9.59 Å². The first-order chi connectivity index (χ1) is 13.9. The molecule has 7 nitrogen and oxygen atoms in total. The Labute approximate surface area is 175 Å². The molecule has 0 aromatic heterocycles. The molecule has 0 saturated heterocycles. The molecule has 1 amide bonds. The number of hydrogen-bond donors (Lipinski definition) is 0. The molecular formula is C20H12Cl2N4O3. The van der Waals surface area contributed by atoms with E-state index in [4.69, 9.17) is 33.2 Å². The number of rotatable bonds is 3. The van der Waals surface area contributed by atoms with Gasteiger partial charge in [0, 0.05) is 11.3 Å². The predicted molar refractivity (Wildman–Crippen MR) is 109 cm³/mol. The van der Waals surface area contributed by atoms with Crippen LogP contribution in [0.4, 0.5) is 5.69 Å². The summed E-state index contributed by atoms with van der Waals surface area (Å²) in [6.07, 6.45) is -0.448. The second-order valence-corrected chi connectivity index (χ2v) is 7.24. The average Bonchev–Trinajstić information content (AvgIpc) is 3.05. The van der Waals surface area contributed by atoms with Crippen molar-refractivity contribution in [2.45, 2.75) is 19.9 Å². The van der Waals surface area contributed by atoms with Crippen LogP contribution in [-0.2, 0) is 16.1 Å². The highest BCUT2D eigenvalue weighted by Crippen LogP contribution is 2.41. The second kappa shape index (κ2) is 7.32. The minimum Gasteiger partial charge on any atom is -0.454 e. The second-order valence-electron chi connectivity index (χ2n) is 6.43. The lowest BCUT2D eigenvalue weighted by Gasteiger charge is -2.22. The number of hydrazone groups is 1. The third-order valence-electron chi connectivity index (χ3n) is 4.52. The number of ether oxygens (including phenoxy) is 1. The molecule has 0 atom stereocenters. The third-order valence-corrected chi connectivity index (χ3v) is 5.08. The average molecular weight is 427 g/mol. The Kier molecular flexibility index (Phi) is 4.82. The SMILES string of the molecule is CC1=NCc2ccc(Oc3c(Cl)cc(N4N=C(C#N)C(=O)CC4=O)cc3Cl)cc21. The lowest BCUT2D eigenvalue weighted by Crippen LogP contribution is -2.36. The minimum absolute atomic E-state index is 0.150. The van der Waals surface area contributed by atoms with Crippen LogP contribution in [0.3, 0.4) is 0 Å². The van der Waals surface area contributed by atoms with Gasteiger partial charge in [0.2, 0.25) is 11.5 Å². The van der Waals surface area contributed by atoms with E-state index in [2.05, 4.69) is 10.1 Å². The van der Waals surface area contributed by atoms with Gasteiger partial charge in [0.15, 0.2) is 5.75 Å². The van der Waals surface area contributed by atoms with Gasteiger partial charge < -0.3 is 4.74 Å². The summed E-state index contributed by atoms with van der Waals surface area (Å²) in [6, 6.07) is 10.2. The van der Waals surface area contributed by atoms with Gasteiger partial charge in [0.25, 0.3) is 5.91 Å². The van der Waals surface area contributed by atoms with Crippen molar-refractivity contribution < 1.29 is 14.3 Å². The molecule has 2 aromatic carbocycles. The lowest BCUT2D eigenvalue weighted by molar-refractivity contribution is -0.124. The van der Waals surface area contributed by atoms with Gasteiger partial charge in [-0.25, -0.2) is 0 Å². The van der Waals surface area contributed by atoms with Gasteiger partial charge in [0.1, 0.15) is 11.8 Å².